The first-order valence-corrected chi connectivity index (χ1v) is 4.41. The van der Waals surface area contributed by atoms with E-state index in [0.29, 0.717) is 13.2 Å². The smallest absolute Gasteiger partial charge is 0.104 e. The van der Waals surface area contributed by atoms with Gasteiger partial charge >= 0.3 is 0 Å². The third-order valence-corrected chi connectivity index (χ3v) is 2.04. The highest BCUT2D eigenvalue weighted by molar-refractivity contribution is 5.22. The lowest BCUT2D eigenvalue weighted by atomic mass is 10.1. The summed E-state index contributed by atoms with van der Waals surface area (Å²) < 4.78 is 0. The first-order chi connectivity index (χ1) is 6.45. The molecule has 0 saturated heterocycles. The number of rotatable bonds is 2. The summed E-state index contributed by atoms with van der Waals surface area (Å²) in [6.07, 6.45) is 3.04. The average Bonchev–Trinajstić information content (AvgIpc) is 2.21. The summed E-state index contributed by atoms with van der Waals surface area (Å²) in [5.74, 6) is 0. The van der Waals surface area contributed by atoms with E-state index in [2.05, 4.69) is 30.3 Å². The molecule has 0 fully saturated rings. The van der Waals surface area contributed by atoms with Gasteiger partial charge in [0.1, 0.15) is 13.2 Å². The second-order valence-electron chi connectivity index (χ2n) is 3.07. The van der Waals surface area contributed by atoms with Crippen LogP contribution in [0.1, 0.15) is 5.56 Å². The molecule has 1 aliphatic heterocycles. The summed E-state index contributed by atoms with van der Waals surface area (Å²) in [6, 6.07) is 10.4. The Labute approximate surface area is 77.7 Å². The number of benzene rings is 1. The third kappa shape index (κ3) is 2.41. The Morgan fingerprint density at radius 3 is 2.62 bits per heavy atom. The first kappa shape index (κ1) is 8.48. The summed E-state index contributed by atoms with van der Waals surface area (Å²) in [7, 11) is 0. The van der Waals surface area contributed by atoms with Gasteiger partial charge in [0.2, 0.25) is 0 Å². The first-order valence-electron chi connectivity index (χ1n) is 4.41. The standard InChI is InChI=1S/C11H12O2/c1-2-4-10(5-3-1)8-11-6-7-12-13-9-11/h1-6H,7-9H2. The van der Waals surface area contributed by atoms with Gasteiger partial charge in [-0.1, -0.05) is 36.4 Å². The Bertz CT molecular complexity index is 290. The van der Waals surface area contributed by atoms with E-state index < -0.39 is 0 Å². The van der Waals surface area contributed by atoms with Crippen molar-refractivity contribution >= 4 is 0 Å². The van der Waals surface area contributed by atoms with E-state index in [-0.39, 0.29) is 0 Å². The minimum atomic E-state index is 0.572. The Hall–Kier alpha value is -1.12. The molecule has 2 heteroatoms. The number of hydrogen-bond acceptors (Lipinski definition) is 2. The highest BCUT2D eigenvalue weighted by Crippen LogP contribution is 2.10. The van der Waals surface area contributed by atoms with E-state index >= 15 is 0 Å². The molecular formula is C11H12O2. The van der Waals surface area contributed by atoms with Crippen molar-refractivity contribution in [2.75, 3.05) is 13.2 Å². The third-order valence-electron chi connectivity index (χ3n) is 2.04. The topological polar surface area (TPSA) is 18.5 Å². The second kappa shape index (κ2) is 4.21. The lowest BCUT2D eigenvalue weighted by Crippen LogP contribution is -2.09. The highest BCUT2D eigenvalue weighted by atomic mass is 17.2. The predicted octanol–water partition coefficient (Wildman–Crippen LogP) is 2.12. The van der Waals surface area contributed by atoms with Gasteiger partial charge in [0.05, 0.1) is 0 Å². The fourth-order valence-electron chi connectivity index (χ4n) is 1.36. The zero-order valence-corrected chi connectivity index (χ0v) is 7.40. The molecule has 0 unspecified atom stereocenters. The number of hydrogen-bond donors (Lipinski definition) is 0. The average molecular weight is 176 g/mol. The monoisotopic (exact) mass is 176 g/mol. The van der Waals surface area contributed by atoms with Crippen molar-refractivity contribution in [1.29, 1.82) is 0 Å². The van der Waals surface area contributed by atoms with Gasteiger partial charge in [-0.25, -0.2) is 9.78 Å². The lowest BCUT2D eigenvalue weighted by Gasteiger charge is -2.12. The zero-order chi connectivity index (χ0) is 8.93. The van der Waals surface area contributed by atoms with E-state index in [4.69, 9.17) is 9.78 Å². The van der Waals surface area contributed by atoms with Crippen LogP contribution in [0.4, 0.5) is 0 Å². The van der Waals surface area contributed by atoms with E-state index in [1.807, 2.05) is 6.07 Å². The van der Waals surface area contributed by atoms with Gasteiger partial charge in [-0.3, -0.25) is 0 Å². The van der Waals surface area contributed by atoms with Gasteiger partial charge in [0.25, 0.3) is 0 Å². The lowest BCUT2D eigenvalue weighted by molar-refractivity contribution is -0.286. The van der Waals surface area contributed by atoms with Crippen LogP contribution < -0.4 is 0 Å². The Balaban J connectivity index is 2.01. The molecule has 0 N–H and O–H groups in total. The van der Waals surface area contributed by atoms with Gasteiger partial charge in [-0.15, -0.1) is 0 Å². The molecule has 1 heterocycles. The molecule has 2 nitrogen and oxygen atoms in total. The minimum Gasteiger partial charge on any atom is -0.232 e. The van der Waals surface area contributed by atoms with Gasteiger partial charge in [0.15, 0.2) is 0 Å². The largest absolute Gasteiger partial charge is 0.232 e. The maximum Gasteiger partial charge on any atom is 0.104 e. The molecule has 0 atom stereocenters. The molecule has 0 aliphatic carbocycles. The van der Waals surface area contributed by atoms with Crippen LogP contribution >= 0.6 is 0 Å². The summed E-state index contributed by atoms with van der Waals surface area (Å²) in [5.41, 5.74) is 2.61. The molecule has 0 saturated carbocycles. The molecule has 0 aromatic heterocycles. The van der Waals surface area contributed by atoms with Crippen molar-refractivity contribution in [1.82, 2.24) is 0 Å². The molecule has 0 spiro atoms. The van der Waals surface area contributed by atoms with Gasteiger partial charge in [-0.05, 0) is 17.6 Å². The summed E-state index contributed by atoms with van der Waals surface area (Å²) >= 11 is 0. The minimum absolute atomic E-state index is 0.572. The molecule has 13 heavy (non-hydrogen) atoms. The Morgan fingerprint density at radius 2 is 1.92 bits per heavy atom. The van der Waals surface area contributed by atoms with Crippen LogP contribution in [0.5, 0.6) is 0 Å². The van der Waals surface area contributed by atoms with Gasteiger partial charge in [0, 0.05) is 0 Å². The van der Waals surface area contributed by atoms with Crippen LogP contribution in [0.15, 0.2) is 42.0 Å². The summed E-state index contributed by atoms with van der Waals surface area (Å²) in [4.78, 5) is 9.65. The predicted molar refractivity (Wildman–Crippen MR) is 50.1 cm³/mol. The van der Waals surface area contributed by atoms with Gasteiger partial charge < -0.3 is 0 Å². The van der Waals surface area contributed by atoms with Crippen LogP contribution in [0.25, 0.3) is 0 Å². The molecule has 1 aromatic rings. The van der Waals surface area contributed by atoms with E-state index in [0.717, 1.165) is 6.42 Å². The van der Waals surface area contributed by atoms with Crippen molar-refractivity contribution in [2.24, 2.45) is 0 Å². The normalized spacial score (nSPS) is 16.8. The summed E-state index contributed by atoms with van der Waals surface area (Å²) in [5, 5.41) is 0. The van der Waals surface area contributed by atoms with Crippen LogP contribution in [-0.2, 0) is 16.2 Å². The molecule has 1 aliphatic rings. The zero-order valence-electron chi connectivity index (χ0n) is 7.40. The van der Waals surface area contributed by atoms with Crippen LogP contribution in [0, 0.1) is 0 Å². The molecular weight excluding hydrogens is 164 g/mol. The molecule has 1 aromatic carbocycles. The maximum absolute atomic E-state index is 4.89. The van der Waals surface area contributed by atoms with E-state index in [9.17, 15) is 0 Å². The SMILES string of the molecule is C1=C(Cc2ccccc2)COOC1. The summed E-state index contributed by atoms with van der Waals surface area (Å²) in [6.45, 7) is 1.16. The Morgan fingerprint density at radius 1 is 1.08 bits per heavy atom. The fourth-order valence-corrected chi connectivity index (χ4v) is 1.36. The molecule has 68 valence electrons. The van der Waals surface area contributed by atoms with Crippen LogP contribution in [-0.4, -0.2) is 13.2 Å². The fraction of sp³-hybridized carbons (Fsp3) is 0.273. The van der Waals surface area contributed by atoms with Crippen molar-refractivity contribution in [2.45, 2.75) is 6.42 Å². The quantitative estimate of drug-likeness (QED) is 0.507. The van der Waals surface area contributed by atoms with Crippen molar-refractivity contribution in [3.8, 4) is 0 Å². The Kier molecular flexibility index (Phi) is 2.75. The second-order valence-corrected chi connectivity index (χ2v) is 3.07. The molecule has 0 radical (unpaired) electrons. The molecule has 0 bridgehead atoms. The van der Waals surface area contributed by atoms with Crippen LogP contribution in [0.2, 0.25) is 0 Å². The van der Waals surface area contributed by atoms with Crippen molar-refractivity contribution < 1.29 is 9.78 Å². The van der Waals surface area contributed by atoms with Crippen molar-refractivity contribution in [3.05, 3.63) is 47.5 Å². The van der Waals surface area contributed by atoms with E-state index in [1.54, 1.807) is 0 Å². The highest BCUT2D eigenvalue weighted by Gasteiger charge is 2.04. The maximum atomic E-state index is 4.89. The van der Waals surface area contributed by atoms with Gasteiger partial charge in [-0.2, -0.15) is 0 Å². The molecule has 2 rings (SSSR count). The molecule has 0 amide bonds. The van der Waals surface area contributed by atoms with E-state index in [1.165, 1.54) is 11.1 Å². The van der Waals surface area contributed by atoms with Crippen LogP contribution in [0.3, 0.4) is 0 Å². The van der Waals surface area contributed by atoms with Crippen molar-refractivity contribution in [3.63, 3.8) is 0 Å².